The monoisotopic (exact) mass is 378 g/mol. The standard InChI is InChI=1S/C21H30N2O2.ClH/c24-21(13-17-11-18-8-9-19(12-17)22-18)23(15-20-7-4-10-25-20)14-16-5-2-1-3-6-16;/h1-3,5-6,17-20,22H,4,7-15H2;1H. The maximum atomic E-state index is 13.1. The molecule has 3 aliphatic rings. The van der Waals surface area contributed by atoms with Crippen molar-refractivity contribution in [2.24, 2.45) is 5.92 Å². The second-order valence-corrected chi connectivity index (χ2v) is 8.07. The number of carbonyl (C=O) groups excluding carboxylic acids is 1. The second-order valence-electron chi connectivity index (χ2n) is 8.07. The highest BCUT2D eigenvalue weighted by atomic mass is 35.5. The van der Waals surface area contributed by atoms with Crippen LogP contribution in [0.25, 0.3) is 0 Å². The van der Waals surface area contributed by atoms with Gasteiger partial charge in [0, 0.05) is 38.2 Å². The van der Waals surface area contributed by atoms with Crippen LogP contribution < -0.4 is 5.32 Å². The first-order valence-corrected chi connectivity index (χ1v) is 9.95. The van der Waals surface area contributed by atoms with Crippen LogP contribution in [-0.2, 0) is 16.1 Å². The van der Waals surface area contributed by atoms with E-state index in [9.17, 15) is 4.79 Å². The van der Waals surface area contributed by atoms with Crippen molar-refractivity contribution in [1.82, 2.24) is 10.2 Å². The molecule has 144 valence electrons. The summed E-state index contributed by atoms with van der Waals surface area (Å²) in [7, 11) is 0. The lowest BCUT2D eigenvalue weighted by molar-refractivity contribution is -0.134. The highest BCUT2D eigenvalue weighted by molar-refractivity contribution is 5.85. The van der Waals surface area contributed by atoms with Crippen LogP contribution in [0.3, 0.4) is 0 Å². The summed E-state index contributed by atoms with van der Waals surface area (Å²) in [4.78, 5) is 15.1. The van der Waals surface area contributed by atoms with Crippen molar-refractivity contribution in [3.63, 3.8) is 0 Å². The number of hydrogen-bond acceptors (Lipinski definition) is 3. The van der Waals surface area contributed by atoms with Crippen LogP contribution in [0, 0.1) is 5.92 Å². The molecule has 1 N–H and O–H groups in total. The number of piperidine rings is 1. The fourth-order valence-electron chi connectivity index (χ4n) is 4.81. The topological polar surface area (TPSA) is 41.6 Å². The number of nitrogens with one attached hydrogen (secondary N) is 1. The van der Waals surface area contributed by atoms with E-state index in [-0.39, 0.29) is 18.5 Å². The molecule has 1 amide bonds. The number of rotatable bonds is 6. The molecule has 0 saturated carbocycles. The molecule has 5 heteroatoms. The molecule has 3 saturated heterocycles. The number of halogens is 1. The van der Waals surface area contributed by atoms with Gasteiger partial charge in [0.2, 0.25) is 5.91 Å². The van der Waals surface area contributed by atoms with E-state index in [4.69, 9.17) is 4.74 Å². The molecule has 4 nitrogen and oxygen atoms in total. The van der Waals surface area contributed by atoms with Crippen LogP contribution >= 0.6 is 12.4 Å². The van der Waals surface area contributed by atoms with Gasteiger partial charge < -0.3 is 15.0 Å². The zero-order chi connectivity index (χ0) is 17.1. The molecular weight excluding hydrogens is 348 g/mol. The van der Waals surface area contributed by atoms with Crippen molar-refractivity contribution < 1.29 is 9.53 Å². The van der Waals surface area contributed by atoms with Gasteiger partial charge in [-0.25, -0.2) is 0 Å². The first-order chi connectivity index (χ1) is 12.3. The van der Waals surface area contributed by atoms with Crippen molar-refractivity contribution >= 4 is 18.3 Å². The Kier molecular flexibility index (Phi) is 6.96. The molecule has 0 aliphatic carbocycles. The Morgan fingerprint density at radius 1 is 1.12 bits per heavy atom. The summed E-state index contributed by atoms with van der Waals surface area (Å²) in [5.74, 6) is 0.861. The number of nitrogens with zero attached hydrogens (tertiary/aromatic N) is 1. The van der Waals surface area contributed by atoms with E-state index >= 15 is 0 Å². The van der Waals surface area contributed by atoms with Crippen molar-refractivity contribution in [2.75, 3.05) is 13.2 Å². The predicted molar refractivity (Wildman–Crippen MR) is 105 cm³/mol. The van der Waals surface area contributed by atoms with Crippen molar-refractivity contribution in [2.45, 2.75) is 69.7 Å². The van der Waals surface area contributed by atoms with Crippen LogP contribution in [0.15, 0.2) is 30.3 Å². The third kappa shape index (κ3) is 4.99. The lowest BCUT2D eigenvalue weighted by Gasteiger charge is -2.31. The Morgan fingerprint density at radius 2 is 1.85 bits per heavy atom. The summed E-state index contributed by atoms with van der Waals surface area (Å²) in [5.41, 5.74) is 1.21. The maximum Gasteiger partial charge on any atom is 0.223 e. The predicted octanol–water partition coefficient (Wildman–Crippen LogP) is 3.54. The molecule has 26 heavy (non-hydrogen) atoms. The lowest BCUT2D eigenvalue weighted by Crippen LogP contribution is -2.42. The van der Waals surface area contributed by atoms with Crippen LogP contribution in [0.4, 0.5) is 0 Å². The molecule has 3 aliphatic heterocycles. The summed E-state index contributed by atoms with van der Waals surface area (Å²) in [6, 6.07) is 11.7. The molecule has 3 unspecified atom stereocenters. The second kappa shape index (κ2) is 9.20. The van der Waals surface area contributed by atoms with Crippen LogP contribution in [0.1, 0.15) is 50.5 Å². The Bertz CT molecular complexity index is 565. The minimum atomic E-state index is 0. The minimum absolute atomic E-state index is 0. The Morgan fingerprint density at radius 3 is 2.50 bits per heavy atom. The summed E-state index contributed by atoms with van der Waals surface area (Å²) in [6.07, 6.45) is 8.04. The molecule has 0 spiro atoms. The smallest absolute Gasteiger partial charge is 0.223 e. The molecule has 4 rings (SSSR count). The van der Waals surface area contributed by atoms with Gasteiger partial charge in [-0.15, -0.1) is 12.4 Å². The normalized spacial score (nSPS) is 30.0. The van der Waals surface area contributed by atoms with Crippen molar-refractivity contribution in [3.05, 3.63) is 35.9 Å². The molecule has 3 heterocycles. The van der Waals surface area contributed by atoms with E-state index in [2.05, 4.69) is 34.5 Å². The molecule has 3 atom stereocenters. The number of benzene rings is 1. The number of fused-ring (bicyclic) bond motifs is 2. The lowest BCUT2D eigenvalue weighted by atomic mass is 9.89. The third-order valence-corrected chi connectivity index (χ3v) is 6.05. The van der Waals surface area contributed by atoms with Crippen LogP contribution in [-0.4, -0.2) is 42.1 Å². The summed E-state index contributed by atoms with van der Waals surface area (Å²) < 4.78 is 5.80. The number of ether oxygens (including phenoxy) is 1. The van der Waals surface area contributed by atoms with Crippen LogP contribution in [0.5, 0.6) is 0 Å². The fraction of sp³-hybridized carbons (Fsp3) is 0.667. The van der Waals surface area contributed by atoms with E-state index in [1.165, 1.54) is 31.2 Å². The van der Waals surface area contributed by atoms with Gasteiger partial charge in [0.05, 0.1) is 6.10 Å². The minimum Gasteiger partial charge on any atom is -0.376 e. The van der Waals surface area contributed by atoms with Gasteiger partial charge in [-0.3, -0.25) is 4.79 Å². The molecular formula is C21H31ClN2O2. The fourth-order valence-corrected chi connectivity index (χ4v) is 4.81. The first-order valence-electron chi connectivity index (χ1n) is 9.95. The van der Waals surface area contributed by atoms with Gasteiger partial charge in [0.25, 0.3) is 0 Å². The molecule has 1 aromatic carbocycles. The zero-order valence-corrected chi connectivity index (χ0v) is 16.3. The highest BCUT2D eigenvalue weighted by Crippen LogP contribution is 2.33. The molecule has 1 aromatic rings. The number of amides is 1. The van der Waals surface area contributed by atoms with Gasteiger partial charge in [-0.05, 0) is 50.0 Å². The summed E-state index contributed by atoms with van der Waals surface area (Å²) in [5, 5.41) is 3.68. The average Bonchev–Trinajstić information content (AvgIpc) is 3.25. The highest BCUT2D eigenvalue weighted by Gasteiger charge is 2.35. The summed E-state index contributed by atoms with van der Waals surface area (Å²) >= 11 is 0. The molecule has 0 aromatic heterocycles. The van der Waals surface area contributed by atoms with Crippen molar-refractivity contribution in [1.29, 1.82) is 0 Å². The molecule has 2 bridgehead atoms. The van der Waals surface area contributed by atoms with E-state index in [0.29, 0.717) is 36.9 Å². The zero-order valence-electron chi connectivity index (χ0n) is 15.4. The van der Waals surface area contributed by atoms with Crippen LogP contribution in [0.2, 0.25) is 0 Å². The number of carbonyl (C=O) groups is 1. The largest absolute Gasteiger partial charge is 0.376 e. The van der Waals surface area contributed by atoms with Gasteiger partial charge in [-0.2, -0.15) is 0 Å². The van der Waals surface area contributed by atoms with Crippen molar-refractivity contribution in [3.8, 4) is 0 Å². The Hall–Kier alpha value is -1.10. The SMILES string of the molecule is Cl.O=C(CC1CC2CCC(C1)N2)N(Cc1ccccc1)CC1CCCO1. The third-order valence-electron chi connectivity index (χ3n) is 6.05. The van der Waals surface area contributed by atoms with E-state index in [1.54, 1.807) is 0 Å². The van der Waals surface area contributed by atoms with Gasteiger partial charge >= 0.3 is 0 Å². The van der Waals surface area contributed by atoms with E-state index < -0.39 is 0 Å². The first kappa shape index (κ1) is 19.7. The Balaban J connectivity index is 0.00000196. The average molecular weight is 379 g/mol. The van der Waals surface area contributed by atoms with Gasteiger partial charge in [-0.1, -0.05) is 30.3 Å². The quantitative estimate of drug-likeness (QED) is 0.823. The Labute approximate surface area is 163 Å². The number of hydrogen-bond donors (Lipinski definition) is 1. The van der Waals surface area contributed by atoms with Gasteiger partial charge in [0.15, 0.2) is 0 Å². The van der Waals surface area contributed by atoms with Gasteiger partial charge in [0.1, 0.15) is 0 Å². The molecule has 3 fully saturated rings. The van der Waals surface area contributed by atoms with E-state index in [0.717, 1.165) is 26.0 Å². The van der Waals surface area contributed by atoms with E-state index in [1.807, 2.05) is 6.07 Å². The summed E-state index contributed by atoms with van der Waals surface area (Å²) in [6.45, 7) is 2.29. The maximum absolute atomic E-state index is 13.1. The molecule has 0 radical (unpaired) electrons.